The fourth-order valence-electron chi connectivity index (χ4n) is 1.06. The highest BCUT2D eigenvalue weighted by atomic mass is 79.9. The molecule has 0 aliphatic heterocycles. The van der Waals surface area contributed by atoms with Crippen LogP contribution in [0.5, 0.6) is 0 Å². The van der Waals surface area contributed by atoms with Crippen molar-refractivity contribution in [3.8, 4) is 0 Å². The molecule has 1 N–H and O–H groups in total. The van der Waals surface area contributed by atoms with Gasteiger partial charge in [-0.15, -0.1) is 0 Å². The third-order valence-corrected chi connectivity index (χ3v) is 2.69. The quantitative estimate of drug-likeness (QED) is 0.833. The summed E-state index contributed by atoms with van der Waals surface area (Å²) >= 11 is 3.50. The second-order valence-corrected chi connectivity index (χ2v) is 3.69. The number of anilines is 1. The summed E-state index contributed by atoms with van der Waals surface area (Å²) in [4.78, 5) is 0. The van der Waals surface area contributed by atoms with Crippen LogP contribution in [0, 0.1) is 6.92 Å². The molecule has 1 rings (SSSR count). The second kappa shape index (κ2) is 4.51. The Labute approximate surface area is 82.3 Å². The summed E-state index contributed by atoms with van der Waals surface area (Å²) in [5, 5.41) is 3.37. The van der Waals surface area contributed by atoms with Gasteiger partial charge in [0.1, 0.15) is 0 Å². The van der Waals surface area contributed by atoms with E-state index < -0.39 is 0 Å². The fraction of sp³-hybridized carbons (Fsp3) is 0.400. The van der Waals surface area contributed by atoms with Gasteiger partial charge in [0.25, 0.3) is 0 Å². The van der Waals surface area contributed by atoms with E-state index in [0.717, 1.165) is 13.0 Å². The highest BCUT2D eigenvalue weighted by Crippen LogP contribution is 2.23. The molecular weight excluding hydrogens is 214 g/mol. The van der Waals surface area contributed by atoms with Crippen LogP contribution in [-0.2, 0) is 0 Å². The fourth-order valence-corrected chi connectivity index (χ4v) is 1.42. The van der Waals surface area contributed by atoms with Crippen LogP contribution in [0.2, 0.25) is 0 Å². The van der Waals surface area contributed by atoms with Crippen LogP contribution in [0.15, 0.2) is 22.7 Å². The lowest BCUT2D eigenvalue weighted by atomic mass is 10.2. The first-order valence-corrected chi connectivity index (χ1v) is 5.04. The standard InChI is InChI=1S/C10H14BrN/c1-3-7-12-10-6-4-5-9(11)8(10)2/h4-6,12H,3,7H2,1-2H3. The first-order valence-electron chi connectivity index (χ1n) is 4.24. The molecule has 0 atom stereocenters. The van der Waals surface area contributed by atoms with Gasteiger partial charge < -0.3 is 5.32 Å². The predicted molar refractivity (Wildman–Crippen MR) is 57.7 cm³/mol. The van der Waals surface area contributed by atoms with Crippen molar-refractivity contribution in [2.75, 3.05) is 11.9 Å². The summed E-state index contributed by atoms with van der Waals surface area (Å²) in [5.74, 6) is 0. The Hall–Kier alpha value is -0.500. The van der Waals surface area contributed by atoms with E-state index in [1.807, 2.05) is 0 Å². The lowest BCUT2D eigenvalue weighted by Gasteiger charge is -2.08. The average Bonchev–Trinajstić information content (AvgIpc) is 2.08. The van der Waals surface area contributed by atoms with E-state index in [0.29, 0.717) is 0 Å². The Kier molecular flexibility index (Phi) is 3.60. The number of benzene rings is 1. The SMILES string of the molecule is CCCNc1cccc(Br)c1C. The molecule has 1 nitrogen and oxygen atoms in total. The van der Waals surface area contributed by atoms with Crippen molar-refractivity contribution in [2.24, 2.45) is 0 Å². The minimum absolute atomic E-state index is 1.04. The molecule has 12 heavy (non-hydrogen) atoms. The lowest BCUT2D eigenvalue weighted by Crippen LogP contribution is -2.01. The Morgan fingerprint density at radius 1 is 1.42 bits per heavy atom. The summed E-state index contributed by atoms with van der Waals surface area (Å²) in [6, 6.07) is 6.22. The van der Waals surface area contributed by atoms with Crippen molar-refractivity contribution >= 4 is 21.6 Å². The molecule has 0 aromatic heterocycles. The molecule has 0 amide bonds. The highest BCUT2D eigenvalue weighted by molar-refractivity contribution is 9.10. The number of nitrogens with one attached hydrogen (secondary N) is 1. The van der Waals surface area contributed by atoms with Crippen LogP contribution >= 0.6 is 15.9 Å². The minimum atomic E-state index is 1.04. The molecule has 0 aliphatic carbocycles. The topological polar surface area (TPSA) is 12.0 Å². The first-order chi connectivity index (χ1) is 5.75. The van der Waals surface area contributed by atoms with E-state index in [-0.39, 0.29) is 0 Å². The molecule has 66 valence electrons. The summed E-state index contributed by atoms with van der Waals surface area (Å²) in [7, 11) is 0. The monoisotopic (exact) mass is 227 g/mol. The largest absolute Gasteiger partial charge is 0.385 e. The molecule has 2 heteroatoms. The van der Waals surface area contributed by atoms with Gasteiger partial charge in [-0.1, -0.05) is 28.9 Å². The second-order valence-electron chi connectivity index (χ2n) is 2.84. The van der Waals surface area contributed by atoms with E-state index >= 15 is 0 Å². The van der Waals surface area contributed by atoms with Gasteiger partial charge >= 0.3 is 0 Å². The molecule has 0 unspecified atom stereocenters. The average molecular weight is 228 g/mol. The number of hydrogen-bond donors (Lipinski definition) is 1. The molecular formula is C10H14BrN. The zero-order valence-corrected chi connectivity index (χ0v) is 9.11. The molecule has 0 bridgehead atoms. The third kappa shape index (κ3) is 2.24. The maximum Gasteiger partial charge on any atom is 0.0381 e. The van der Waals surface area contributed by atoms with Crippen LogP contribution in [0.1, 0.15) is 18.9 Å². The number of halogens is 1. The molecule has 0 saturated carbocycles. The smallest absolute Gasteiger partial charge is 0.0381 e. The van der Waals surface area contributed by atoms with Crippen LogP contribution < -0.4 is 5.32 Å². The van der Waals surface area contributed by atoms with E-state index in [1.54, 1.807) is 0 Å². The van der Waals surface area contributed by atoms with Gasteiger partial charge in [0, 0.05) is 16.7 Å². The number of hydrogen-bond acceptors (Lipinski definition) is 1. The van der Waals surface area contributed by atoms with Crippen LogP contribution in [0.4, 0.5) is 5.69 Å². The summed E-state index contributed by atoms with van der Waals surface area (Å²) in [6.45, 7) is 5.32. The van der Waals surface area contributed by atoms with Crippen molar-refractivity contribution in [1.29, 1.82) is 0 Å². The Morgan fingerprint density at radius 3 is 2.83 bits per heavy atom. The van der Waals surface area contributed by atoms with E-state index in [1.165, 1.54) is 15.7 Å². The van der Waals surface area contributed by atoms with Gasteiger partial charge in [0.2, 0.25) is 0 Å². The Balaban J connectivity index is 2.78. The molecule has 0 radical (unpaired) electrons. The van der Waals surface area contributed by atoms with Crippen LogP contribution in [0.3, 0.4) is 0 Å². The van der Waals surface area contributed by atoms with Gasteiger partial charge in [-0.25, -0.2) is 0 Å². The predicted octanol–water partition coefficient (Wildman–Crippen LogP) is 3.58. The molecule has 0 heterocycles. The Bertz CT molecular complexity index is 258. The molecule has 0 aliphatic rings. The molecule has 0 saturated heterocycles. The lowest BCUT2D eigenvalue weighted by molar-refractivity contribution is 0.977. The zero-order chi connectivity index (χ0) is 8.97. The zero-order valence-electron chi connectivity index (χ0n) is 7.52. The first kappa shape index (κ1) is 9.59. The van der Waals surface area contributed by atoms with Gasteiger partial charge in [0.15, 0.2) is 0 Å². The highest BCUT2D eigenvalue weighted by Gasteiger charge is 1.98. The molecule has 1 aromatic carbocycles. The minimum Gasteiger partial charge on any atom is -0.385 e. The van der Waals surface area contributed by atoms with Crippen molar-refractivity contribution in [3.63, 3.8) is 0 Å². The van der Waals surface area contributed by atoms with Crippen molar-refractivity contribution in [3.05, 3.63) is 28.2 Å². The maximum absolute atomic E-state index is 3.50. The van der Waals surface area contributed by atoms with Crippen LogP contribution in [-0.4, -0.2) is 6.54 Å². The van der Waals surface area contributed by atoms with E-state index in [2.05, 4.69) is 53.3 Å². The van der Waals surface area contributed by atoms with Gasteiger partial charge in [-0.2, -0.15) is 0 Å². The molecule has 0 fully saturated rings. The van der Waals surface area contributed by atoms with Crippen molar-refractivity contribution in [2.45, 2.75) is 20.3 Å². The molecule has 0 spiro atoms. The molecule has 1 aromatic rings. The summed E-state index contributed by atoms with van der Waals surface area (Å²) < 4.78 is 1.17. The van der Waals surface area contributed by atoms with Crippen LogP contribution in [0.25, 0.3) is 0 Å². The van der Waals surface area contributed by atoms with E-state index in [4.69, 9.17) is 0 Å². The maximum atomic E-state index is 3.50. The third-order valence-electron chi connectivity index (χ3n) is 1.83. The number of rotatable bonds is 3. The normalized spacial score (nSPS) is 9.92. The van der Waals surface area contributed by atoms with Gasteiger partial charge in [0.05, 0.1) is 0 Å². The van der Waals surface area contributed by atoms with E-state index in [9.17, 15) is 0 Å². The van der Waals surface area contributed by atoms with Crippen molar-refractivity contribution < 1.29 is 0 Å². The Morgan fingerprint density at radius 2 is 2.17 bits per heavy atom. The van der Waals surface area contributed by atoms with Gasteiger partial charge in [-0.05, 0) is 31.0 Å². The summed E-state index contributed by atoms with van der Waals surface area (Å²) in [5.41, 5.74) is 2.51. The van der Waals surface area contributed by atoms with Gasteiger partial charge in [-0.3, -0.25) is 0 Å². The van der Waals surface area contributed by atoms with Crippen molar-refractivity contribution in [1.82, 2.24) is 0 Å². The summed E-state index contributed by atoms with van der Waals surface area (Å²) in [6.07, 6.45) is 1.16.